The quantitative estimate of drug-likeness (QED) is 0.859. The van der Waals surface area contributed by atoms with Crippen LogP contribution in [0.15, 0.2) is 23.1 Å². The number of β-amino-alcohol motifs (C(OH)–C–C–N with tert-alkyl or cyclic N) is 1. The standard InChI is InChI=1S/C13H17NO5S/c1-3-13(17)7-14(8-13)20(18,19)11-6-10(12(15)16)5-4-9(11)2/h4-6,17H,3,7-8H2,1-2H3,(H,15,16). The molecule has 0 radical (unpaired) electrons. The number of carboxylic acids is 1. The number of carbonyl (C=O) groups is 1. The minimum Gasteiger partial charge on any atom is -0.478 e. The molecule has 0 atom stereocenters. The van der Waals surface area contributed by atoms with Crippen LogP contribution in [0, 0.1) is 6.92 Å². The monoisotopic (exact) mass is 299 g/mol. The number of aryl methyl sites for hydroxylation is 1. The lowest BCUT2D eigenvalue weighted by molar-refractivity contribution is -0.0613. The highest BCUT2D eigenvalue weighted by atomic mass is 32.2. The Labute approximate surface area is 117 Å². The summed E-state index contributed by atoms with van der Waals surface area (Å²) in [4.78, 5) is 10.9. The molecule has 0 aromatic heterocycles. The normalized spacial score (nSPS) is 18.6. The first-order valence-electron chi connectivity index (χ1n) is 6.26. The molecule has 1 heterocycles. The van der Waals surface area contributed by atoms with Crippen LogP contribution in [0.4, 0.5) is 0 Å². The number of nitrogens with zero attached hydrogens (tertiary/aromatic N) is 1. The van der Waals surface area contributed by atoms with E-state index >= 15 is 0 Å². The largest absolute Gasteiger partial charge is 0.478 e. The van der Waals surface area contributed by atoms with Gasteiger partial charge in [-0.25, -0.2) is 13.2 Å². The molecule has 20 heavy (non-hydrogen) atoms. The maximum atomic E-state index is 12.4. The first-order valence-corrected chi connectivity index (χ1v) is 7.70. The van der Waals surface area contributed by atoms with Crippen LogP contribution in [0.25, 0.3) is 0 Å². The van der Waals surface area contributed by atoms with Crippen molar-refractivity contribution in [2.24, 2.45) is 0 Å². The highest BCUT2D eigenvalue weighted by Gasteiger charge is 2.46. The van der Waals surface area contributed by atoms with Crippen molar-refractivity contribution in [3.05, 3.63) is 29.3 Å². The van der Waals surface area contributed by atoms with E-state index in [2.05, 4.69) is 0 Å². The van der Waals surface area contributed by atoms with Gasteiger partial charge in [-0.05, 0) is 31.0 Å². The second-order valence-corrected chi connectivity index (χ2v) is 7.04. The van der Waals surface area contributed by atoms with Crippen molar-refractivity contribution in [2.75, 3.05) is 13.1 Å². The smallest absolute Gasteiger partial charge is 0.335 e. The zero-order valence-electron chi connectivity index (χ0n) is 11.3. The Morgan fingerprint density at radius 1 is 1.40 bits per heavy atom. The summed E-state index contributed by atoms with van der Waals surface area (Å²) >= 11 is 0. The van der Waals surface area contributed by atoms with Crippen LogP contribution in [-0.2, 0) is 10.0 Å². The third kappa shape index (κ3) is 2.44. The number of hydrogen-bond donors (Lipinski definition) is 2. The molecule has 1 aliphatic rings. The van der Waals surface area contributed by atoms with Crippen LogP contribution in [0.2, 0.25) is 0 Å². The predicted octanol–water partition coefficient (Wildman–Crippen LogP) is 0.839. The van der Waals surface area contributed by atoms with Crippen LogP contribution in [0.1, 0.15) is 29.3 Å². The summed E-state index contributed by atoms with van der Waals surface area (Å²) in [7, 11) is -3.76. The Morgan fingerprint density at radius 3 is 2.50 bits per heavy atom. The number of hydrogen-bond acceptors (Lipinski definition) is 4. The fourth-order valence-corrected chi connectivity index (χ4v) is 4.00. The molecule has 0 amide bonds. The van der Waals surface area contributed by atoms with E-state index in [9.17, 15) is 18.3 Å². The first kappa shape index (κ1) is 15.0. The molecule has 1 aromatic carbocycles. The number of carboxylic acid groups (broad SMARTS) is 1. The van der Waals surface area contributed by atoms with Crippen molar-refractivity contribution in [1.29, 1.82) is 0 Å². The number of benzene rings is 1. The van der Waals surface area contributed by atoms with Crippen molar-refractivity contribution < 1.29 is 23.4 Å². The van der Waals surface area contributed by atoms with Crippen LogP contribution in [0.5, 0.6) is 0 Å². The second kappa shape index (κ2) is 4.83. The third-order valence-corrected chi connectivity index (χ3v) is 5.59. The first-order chi connectivity index (χ1) is 9.19. The summed E-state index contributed by atoms with van der Waals surface area (Å²) in [5.74, 6) is -1.17. The van der Waals surface area contributed by atoms with Crippen molar-refractivity contribution in [3.8, 4) is 0 Å². The van der Waals surface area contributed by atoms with Crippen molar-refractivity contribution in [3.63, 3.8) is 0 Å². The molecule has 1 aliphatic heterocycles. The van der Waals surface area contributed by atoms with E-state index in [1.54, 1.807) is 13.8 Å². The van der Waals surface area contributed by atoms with Gasteiger partial charge in [0.25, 0.3) is 0 Å². The Morgan fingerprint density at radius 2 is 2.00 bits per heavy atom. The van der Waals surface area contributed by atoms with E-state index in [0.29, 0.717) is 12.0 Å². The summed E-state index contributed by atoms with van der Waals surface area (Å²) in [6.07, 6.45) is 0.479. The van der Waals surface area contributed by atoms with Crippen molar-refractivity contribution in [1.82, 2.24) is 4.31 Å². The molecule has 1 saturated heterocycles. The van der Waals surface area contributed by atoms with Gasteiger partial charge in [-0.15, -0.1) is 0 Å². The molecule has 0 bridgehead atoms. The van der Waals surface area contributed by atoms with Gasteiger partial charge in [0.05, 0.1) is 16.1 Å². The van der Waals surface area contributed by atoms with E-state index in [0.717, 1.165) is 6.07 Å². The molecule has 0 spiro atoms. The highest BCUT2D eigenvalue weighted by molar-refractivity contribution is 7.89. The highest BCUT2D eigenvalue weighted by Crippen LogP contribution is 2.31. The third-order valence-electron chi connectivity index (χ3n) is 3.65. The predicted molar refractivity (Wildman–Crippen MR) is 72.1 cm³/mol. The van der Waals surface area contributed by atoms with Gasteiger partial charge in [-0.2, -0.15) is 4.31 Å². The summed E-state index contributed by atoms with van der Waals surface area (Å²) in [5.41, 5.74) is -0.548. The molecule has 1 fully saturated rings. The van der Waals surface area contributed by atoms with E-state index in [4.69, 9.17) is 5.11 Å². The molecule has 2 N–H and O–H groups in total. The minimum atomic E-state index is -3.76. The van der Waals surface area contributed by atoms with Gasteiger partial charge in [0.1, 0.15) is 0 Å². The molecule has 7 heteroatoms. The van der Waals surface area contributed by atoms with Gasteiger partial charge in [0.15, 0.2) is 0 Å². The van der Waals surface area contributed by atoms with Gasteiger partial charge >= 0.3 is 5.97 Å². The maximum absolute atomic E-state index is 12.4. The number of rotatable bonds is 4. The van der Waals surface area contributed by atoms with Crippen LogP contribution in [-0.4, -0.2) is 47.6 Å². The summed E-state index contributed by atoms with van der Waals surface area (Å²) in [6, 6.07) is 4.01. The summed E-state index contributed by atoms with van der Waals surface area (Å²) in [6.45, 7) is 3.50. The number of aliphatic hydroxyl groups is 1. The fourth-order valence-electron chi connectivity index (χ4n) is 2.15. The Kier molecular flexibility index (Phi) is 3.62. The molecular weight excluding hydrogens is 282 g/mol. The zero-order chi connectivity index (χ0) is 15.1. The SMILES string of the molecule is CCC1(O)CN(S(=O)(=O)c2cc(C(=O)O)ccc2C)C1. The van der Waals surface area contributed by atoms with Crippen LogP contribution >= 0.6 is 0 Å². The van der Waals surface area contributed by atoms with E-state index in [1.165, 1.54) is 16.4 Å². The molecule has 110 valence electrons. The van der Waals surface area contributed by atoms with Crippen molar-refractivity contribution in [2.45, 2.75) is 30.8 Å². The lowest BCUT2D eigenvalue weighted by Gasteiger charge is -2.45. The van der Waals surface area contributed by atoms with Gasteiger partial charge < -0.3 is 10.2 Å². The lowest BCUT2D eigenvalue weighted by atomic mass is 9.94. The molecular formula is C13H17NO5S. The minimum absolute atomic E-state index is 0.0180. The fraction of sp³-hybridized carbons (Fsp3) is 0.462. The Bertz CT molecular complexity index is 647. The van der Waals surface area contributed by atoms with E-state index in [-0.39, 0.29) is 23.5 Å². The molecule has 1 aromatic rings. The van der Waals surface area contributed by atoms with Gasteiger partial charge in [0.2, 0.25) is 10.0 Å². The average molecular weight is 299 g/mol. The van der Waals surface area contributed by atoms with Gasteiger partial charge in [0, 0.05) is 13.1 Å². The second-order valence-electron chi connectivity index (χ2n) is 5.14. The zero-order valence-corrected chi connectivity index (χ0v) is 12.1. The molecule has 0 unspecified atom stereocenters. The molecule has 2 rings (SSSR count). The van der Waals surface area contributed by atoms with Gasteiger partial charge in [-0.3, -0.25) is 0 Å². The van der Waals surface area contributed by atoms with Gasteiger partial charge in [-0.1, -0.05) is 13.0 Å². The molecule has 0 aliphatic carbocycles. The average Bonchev–Trinajstić information content (AvgIpc) is 2.34. The number of sulfonamides is 1. The molecule has 6 nitrogen and oxygen atoms in total. The lowest BCUT2D eigenvalue weighted by Crippen LogP contribution is -2.62. The van der Waals surface area contributed by atoms with Crippen molar-refractivity contribution >= 4 is 16.0 Å². The number of aromatic carboxylic acids is 1. The Balaban J connectivity index is 2.36. The Hall–Kier alpha value is -1.44. The summed E-state index contributed by atoms with van der Waals surface area (Å²) in [5, 5.41) is 18.9. The van der Waals surface area contributed by atoms with Crippen LogP contribution < -0.4 is 0 Å². The molecule has 0 saturated carbocycles. The van der Waals surface area contributed by atoms with E-state index < -0.39 is 21.6 Å². The van der Waals surface area contributed by atoms with Crippen LogP contribution in [0.3, 0.4) is 0 Å². The summed E-state index contributed by atoms with van der Waals surface area (Å²) < 4.78 is 26.0. The maximum Gasteiger partial charge on any atom is 0.335 e. The topological polar surface area (TPSA) is 94.9 Å². The van der Waals surface area contributed by atoms with E-state index in [1.807, 2.05) is 0 Å².